The van der Waals surface area contributed by atoms with Gasteiger partial charge in [-0.25, -0.2) is 13.1 Å². The summed E-state index contributed by atoms with van der Waals surface area (Å²) in [5, 5.41) is 2.79. The van der Waals surface area contributed by atoms with E-state index >= 15 is 0 Å². The molecule has 0 radical (unpaired) electrons. The molecular formula is C10H22N2O3S. The molecule has 1 heterocycles. The number of nitrogens with one attached hydrogen (secondary N) is 2. The molecule has 0 saturated carbocycles. The number of ether oxygens (including phenoxy) is 1. The van der Waals surface area contributed by atoms with Gasteiger partial charge in [-0.05, 0) is 32.7 Å². The molecule has 0 aromatic heterocycles. The average molecular weight is 250 g/mol. The molecule has 0 aliphatic carbocycles. The van der Waals surface area contributed by atoms with Crippen molar-refractivity contribution in [3.05, 3.63) is 0 Å². The SMILES string of the molecule is COCCC(C)S(=O)(=O)NC1CCCNC1. The maximum atomic E-state index is 11.9. The highest BCUT2D eigenvalue weighted by atomic mass is 32.2. The fraction of sp³-hybridized carbons (Fsp3) is 1.00. The van der Waals surface area contributed by atoms with Crippen molar-refractivity contribution in [2.45, 2.75) is 37.5 Å². The fourth-order valence-electron chi connectivity index (χ4n) is 1.74. The number of piperidine rings is 1. The van der Waals surface area contributed by atoms with Crippen LogP contribution in [-0.2, 0) is 14.8 Å². The van der Waals surface area contributed by atoms with E-state index in [2.05, 4.69) is 10.0 Å². The van der Waals surface area contributed by atoms with Crippen LogP contribution in [0.2, 0.25) is 0 Å². The third-order valence-electron chi connectivity index (χ3n) is 2.89. The zero-order valence-corrected chi connectivity index (χ0v) is 10.8. The van der Waals surface area contributed by atoms with Gasteiger partial charge in [-0.2, -0.15) is 0 Å². The minimum absolute atomic E-state index is 0.0451. The van der Waals surface area contributed by atoms with Crippen LogP contribution >= 0.6 is 0 Å². The Hall–Kier alpha value is -0.170. The summed E-state index contributed by atoms with van der Waals surface area (Å²) in [6.07, 6.45) is 2.48. The van der Waals surface area contributed by atoms with Crippen LogP contribution in [0.5, 0.6) is 0 Å². The largest absolute Gasteiger partial charge is 0.385 e. The van der Waals surface area contributed by atoms with Crippen LogP contribution in [-0.4, -0.2) is 46.5 Å². The molecule has 0 aromatic rings. The zero-order chi connectivity index (χ0) is 12.0. The Bertz CT molecular complexity index is 286. The molecule has 0 spiro atoms. The molecule has 0 aromatic carbocycles. The molecule has 0 amide bonds. The van der Waals surface area contributed by atoms with E-state index in [4.69, 9.17) is 4.74 Å². The lowest BCUT2D eigenvalue weighted by Gasteiger charge is -2.25. The summed E-state index contributed by atoms with van der Waals surface area (Å²) < 4.78 is 31.5. The second kappa shape index (κ2) is 6.54. The lowest BCUT2D eigenvalue weighted by molar-refractivity contribution is 0.194. The van der Waals surface area contributed by atoms with Gasteiger partial charge in [0, 0.05) is 26.3 Å². The first-order valence-electron chi connectivity index (χ1n) is 5.77. The van der Waals surface area contributed by atoms with Crippen molar-refractivity contribution in [1.29, 1.82) is 0 Å². The Morgan fingerprint density at radius 2 is 2.31 bits per heavy atom. The predicted molar refractivity (Wildman–Crippen MR) is 63.9 cm³/mol. The van der Waals surface area contributed by atoms with Crippen molar-refractivity contribution in [2.24, 2.45) is 0 Å². The van der Waals surface area contributed by atoms with Gasteiger partial charge in [-0.15, -0.1) is 0 Å². The van der Waals surface area contributed by atoms with Crippen LogP contribution in [0.3, 0.4) is 0 Å². The van der Waals surface area contributed by atoms with Gasteiger partial charge < -0.3 is 10.1 Å². The summed E-state index contributed by atoms with van der Waals surface area (Å²) >= 11 is 0. The molecule has 1 rings (SSSR count). The molecule has 2 unspecified atom stereocenters. The standard InChI is InChI=1S/C10H22N2O3S/c1-9(5-7-15-2)16(13,14)12-10-4-3-6-11-8-10/h9-12H,3-8H2,1-2H3. The summed E-state index contributed by atoms with van der Waals surface area (Å²) in [5.74, 6) is 0. The van der Waals surface area contributed by atoms with Gasteiger partial charge in [0.1, 0.15) is 0 Å². The van der Waals surface area contributed by atoms with Crippen molar-refractivity contribution < 1.29 is 13.2 Å². The third kappa shape index (κ3) is 4.37. The summed E-state index contributed by atoms with van der Waals surface area (Å²) in [5.41, 5.74) is 0. The normalized spacial score (nSPS) is 24.2. The summed E-state index contributed by atoms with van der Waals surface area (Å²) in [6, 6.07) is 0.0451. The minimum Gasteiger partial charge on any atom is -0.385 e. The third-order valence-corrected chi connectivity index (χ3v) is 4.84. The Kier molecular flexibility index (Phi) is 5.68. The van der Waals surface area contributed by atoms with E-state index in [1.807, 2.05) is 0 Å². The monoisotopic (exact) mass is 250 g/mol. The van der Waals surface area contributed by atoms with Crippen molar-refractivity contribution in [3.8, 4) is 0 Å². The summed E-state index contributed by atoms with van der Waals surface area (Å²) in [4.78, 5) is 0. The maximum Gasteiger partial charge on any atom is 0.214 e. The highest BCUT2D eigenvalue weighted by molar-refractivity contribution is 7.90. The van der Waals surface area contributed by atoms with Crippen LogP contribution in [0, 0.1) is 0 Å². The Morgan fingerprint density at radius 1 is 1.56 bits per heavy atom. The van der Waals surface area contributed by atoms with Crippen LogP contribution in [0.25, 0.3) is 0 Å². The van der Waals surface area contributed by atoms with E-state index in [0.29, 0.717) is 13.0 Å². The van der Waals surface area contributed by atoms with Crippen LogP contribution in [0.4, 0.5) is 0 Å². The first kappa shape index (κ1) is 13.9. The average Bonchev–Trinajstić information content (AvgIpc) is 2.26. The second-order valence-electron chi connectivity index (χ2n) is 4.30. The molecule has 16 heavy (non-hydrogen) atoms. The Labute approximate surface area is 98.0 Å². The molecule has 2 N–H and O–H groups in total. The lowest BCUT2D eigenvalue weighted by atomic mass is 10.1. The number of rotatable bonds is 6. The van der Waals surface area contributed by atoms with Gasteiger partial charge in [-0.1, -0.05) is 0 Å². The molecular weight excluding hydrogens is 228 g/mol. The number of methoxy groups -OCH3 is 1. The lowest BCUT2D eigenvalue weighted by Crippen LogP contribution is -2.48. The van der Waals surface area contributed by atoms with E-state index < -0.39 is 15.3 Å². The van der Waals surface area contributed by atoms with Crippen molar-refractivity contribution in [3.63, 3.8) is 0 Å². The van der Waals surface area contributed by atoms with Crippen molar-refractivity contribution in [2.75, 3.05) is 26.8 Å². The first-order valence-corrected chi connectivity index (χ1v) is 7.31. The molecule has 1 saturated heterocycles. The topological polar surface area (TPSA) is 67.4 Å². The van der Waals surface area contributed by atoms with Gasteiger partial charge in [0.05, 0.1) is 5.25 Å². The predicted octanol–water partition coefficient (Wildman–Crippen LogP) is 0.0828. The quantitative estimate of drug-likeness (QED) is 0.701. The zero-order valence-electron chi connectivity index (χ0n) is 10.0. The van der Waals surface area contributed by atoms with E-state index in [-0.39, 0.29) is 6.04 Å². The molecule has 1 aliphatic rings. The van der Waals surface area contributed by atoms with Gasteiger partial charge in [0.25, 0.3) is 0 Å². The smallest absolute Gasteiger partial charge is 0.214 e. The van der Waals surface area contributed by atoms with Gasteiger partial charge in [0.15, 0.2) is 0 Å². The first-order chi connectivity index (χ1) is 7.56. The molecule has 6 heteroatoms. The molecule has 2 atom stereocenters. The Morgan fingerprint density at radius 3 is 2.88 bits per heavy atom. The highest BCUT2D eigenvalue weighted by Crippen LogP contribution is 2.08. The maximum absolute atomic E-state index is 11.9. The van der Waals surface area contributed by atoms with Gasteiger partial charge in [-0.3, -0.25) is 0 Å². The molecule has 5 nitrogen and oxygen atoms in total. The molecule has 1 fully saturated rings. The van der Waals surface area contributed by atoms with E-state index in [1.165, 1.54) is 0 Å². The number of hydrogen-bond acceptors (Lipinski definition) is 4. The van der Waals surface area contributed by atoms with Crippen LogP contribution < -0.4 is 10.0 Å². The van der Waals surface area contributed by atoms with Crippen LogP contribution in [0.15, 0.2) is 0 Å². The molecule has 1 aliphatic heterocycles. The summed E-state index contributed by atoms with van der Waals surface area (Å²) in [6.45, 7) is 3.91. The van der Waals surface area contributed by atoms with Crippen molar-refractivity contribution >= 4 is 10.0 Å². The number of sulfonamides is 1. The fourth-order valence-corrected chi connectivity index (χ4v) is 3.04. The van der Waals surface area contributed by atoms with E-state index in [1.54, 1.807) is 14.0 Å². The summed E-state index contributed by atoms with van der Waals surface area (Å²) in [7, 11) is -1.62. The molecule has 96 valence electrons. The molecule has 0 bridgehead atoms. The van der Waals surface area contributed by atoms with Crippen molar-refractivity contribution in [1.82, 2.24) is 10.0 Å². The minimum atomic E-state index is -3.20. The van der Waals surface area contributed by atoms with E-state index in [0.717, 1.165) is 25.9 Å². The van der Waals surface area contributed by atoms with Gasteiger partial charge in [0.2, 0.25) is 10.0 Å². The second-order valence-corrected chi connectivity index (χ2v) is 6.43. The number of hydrogen-bond donors (Lipinski definition) is 2. The highest BCUT2D eigenvalue weighted by Gasteiger charge is 2.24. The van der Waals surface area contributed by atoms with E-state index in [9.17, 15) is 8.42 Å². The Balaban J connectivity index is 2.42. The van der Waals surface area contributed by atoms with Crippen LogP contribution in [0.1, 0.15) is 26.2 Å². The van der Waals surface area contributed by atoms with Gasteiger partial charge >= 0.3 is 0 Å².